The van der Waals surface area contributed by atoms with Crippen molar-refractivity contribution in [1.29, 1.82) is 0 Å². The highest BCUT2D eigenvalue weighted by Crippen LogP contribution is 2.53. The molecule has 1 atom stereocenters. The molecule has 7 nitrogen and oxygen atoms in total. The number of halogens is 1. The normalized spacial score (nSPS) is 25.9. The largest absolute Gasteiger partial charge is 0.478 e. The number of carbonyl (C=O) groups is 2. The standard InChI is InChI=1S/C24H29FN2O.C4H4O4/c25-18-5-7-19(8-6-18)26-13-15-27(16-14-26)20-9-11-24(12-10-20)17-23(28)21-3-1-2-4-22(21)24;5-3(6)1-2-4(7)8/h1-8,20,23,28H,9-17H2;1-2H,(H,5,6)(H,7,8)/b;2-1-/t20?,23-,24?;/m0./s1. The van der Waals surface area contributed by atoms with Gasteiger partial charge in [-0.1, -0.05) is 24.3 Å². The second-order valence-electron chi connectivity index (χ2n) is 9.83. The van der Waals surface area contributed by atoms with E-state index < -0.39 is 11.9 Å². The smallest absolute Gasteiger partial charge is 0.328 e. The van der Waals surface area contributed by atoms with E-state index in [9.17, 15) is 19.1 Å². The van der Waals surface area contributed by atoms with E-state index in [-0.39, 0.29) is 17.3 Å². The van der Waals surface area contributed by atoms with Gasteiger partial charge in [0.05, 0.1) is 6.10 Å². The summed E-state index contributed by atoms with van der Waals surface area (Å²) in [6, 6.07) is 16.1. The van der Waals surface area contributed by atoms with Gasteiger partial charge in [0, 0.05) is 50.1 Å². The maximum atomic E-state index is 13.2. The second-order valence-corrected chi connectivity index (χ2v) is 9.83. The van der Waals surface area contributed by atoms with Crippen molar-refractivity contribution in [3.63, 3.8) is 0 Å². The first-order chi connectivity index (χ1) is 17.3. The van der Waals surface area contributed by atoms with Crippen LogP contribution in [0.4, 0.5) is 10.1 Å². The fourth-order valence-electron chi connectivity index (χ4n) is 5.99. The Hall–Kier alpha value is -3.23. The van der Waals surface area contributed by atoms with Crippen LogP contribution >= 0.6 is 0 Å². The number of aliphatic hydroxyl groups is 1. The Kier molecular flexibility index (Phi) is 8.06. The predicted octanol–water partition coefficient (Wildman–Crippen LogP) is 3.98. The summed E-state index contributed by atoms with van der Waals surface area (Å²) in [5.41, 5.74) is 3.89. The zero-order valence-corrected chi connectivity index (χ0v) is 20.2. The number of hydrogen-bond donors (Lipinski definition) is 3. The highest BCUT2D eigenvalue weighted by atomic mass is 19.1. The molecular weight excluding hydrogens is 463 g/mol. The van der Waals surface area contributed by atoms with E-state index in [0.29, 0.717) is 18.2 Å². The highest BCUT2D eigenvalue weighted by Gasteiger charge is 2.45. The molecule has 0 radical (unpaired) electrons. The van der Waals surface area contributed by atoms with Crippen molar-refractivity contribution in [1.82, 2.24) is 4.90 Å². The van der Waals surface area contributed by atoms with E-state index in [0.717, 1.165) is 43.9 Å². The van der Waals surface area contributed by atoms with E-state index in [1.54, 1.807) is 12.1 Å². The Morgan fingerprint density at radius 1 is 0.889 bits per heavy atom. The van der Waals surface area contributed by atoms with Gasteiger partial charge in [-0.25, -0.2) is 14.0 Å². The SMILES string of the molecule is O=C(O)/C=C\C(=O)O.O[C@H]1CC2(CCC(N3CCN(c4ccc(F)cc4)CC3)CC2)c2ccccc21. The molecule has 0 bridgehead atoms. The molecule has 0 aromatic heterocycles. The van der Waals surface area contributed by atoms with Crippen molar-refractivity contribution < 1.29 is 29.3 Å². The molecule has 1 saturated heterocycles. The number of nitrogens with zero attached hydrogens (tertiary/aromatic N) is 2. The third-order valence-electron chi connectivity index (χ3n) is 7.78. The van der Waals surface area contributed by atoms with E-state index in [4.69, 9.17) is 10.2 Å². The molecule has 2 aromatic rings. The van der Waals surface area contributed by atoms with Crippen LogP contribution in [0.25, 0.3) is 0 Å². The van der Waals surface area contributed by atoms with E-state index in [2.05, 4.69) is 28.0 Å². The predicted molar refractivity (Wildman–Crippen MR) is 135 cm³/mol. The highest BCUT2D eigenvalue weighted by molar-refractivity contribution is 5.89. The van der Waals surface area contributed by atoms with Crippen LogP contribution in [-0.2, 0) is 15.0 Å². The number of carboxylic acid groups (broad SMARTS) is 2. The number of carboxylic acids is 2. The minimum Gasteiger partial charge on any atom is -0.478 e. The lowest BCUT2D eigenvalue weighted by Crippen LogP contribution is -2.52. The molecule has 36 heavy (non-hydrogen) atoms. The third kappa shape index (κ3) is 5.94. The fraction of sp³-hybridized carbons (Fsp3) is 0.429. The molecule has 1 heterocycles. The first-order valence-corrected chi connectivity index (χ1v) is 12.4. The van der Waals surface area contributed by atoms with Gasteiger partial charge >= 0.3 is 11.9 Å². The van der Waals surface area contributed by atoms with Crippen molar-refractivity contribution in [2.45, 2.75) is 49.7 Å². The third-order valence-corrected chi connectivity index (χ3v) is 7.78. The summed E-state index contributed by atoms with van der Waals surface area (Å²) in [5, 5.41) is 26.2. The molecule has 2 aromatic carbocycles. The second kappa shape index (κ2) is 11.2. The van der Waals surface area contributed by atoms with Crippen molar-refractivity contribution in [3.8, 4) is 0 Å². The summed E-state index contributed by atoms with van der Waals surface area (Å²) >= 11 is 0. The molecule has 1 aliphatic heterocycles. The van der Waals surface area contributed by atoms with Gasteiger partial charge < -0.3 is 20.2 Å². The van der Waals surface area contributed by atoms with Crippen molar-refractivity contribution in [3.05, 3.63) is 77.6 Å². The molecule has 1 spiro atoms. The Morgan fingerprint density at radius 3 is 2.06 bits per heavy atom. The van der Waals surface area contributed by atoms with Crippen molar-refractivity contribution in [2.24, 2.45) is 0 Å². The number of hydrogen-bond acceptors (Lipinski definition) is 5. The van der Waals surface area contributed by atoms with Gasteiger partial charge in [0.1, 0.15) is 5.82 Å². The molecule has 5 rings (SSSR count). The Bertz CT molecular complexity index is 1070. The molecule has 0 amide bonds. The quantitative estimate of drug-likeness (QED) is 0.551. The molecule has 2 aliphatic carbocycles. The monoisotopic (exact) mass is 496 g/mol. The average Bonchev–Trinajstić information content (AvgIpc) is 3.15. The van der Waals surface area contributed by atoms with Crippen LogP contribution in [0.5, 0.6) is 0 Å². The van der Waals surface area contributed by atoms with Gasteiger partial charge in [-0.05, 0) is 72.9 Å². The van der Waals surface area contributed by atoms with Gasteiger partial charge in [-0.3, -0.25) is 4.90 Å². The molecule has 1 saturated carbocycles. The summed E-state index contributed by atoms with van der Waals surface area (Å²) in [7, 11) is 0. The van der Waals surface area contributed by atoms with Crippen LogP contribution in [0.3, 0.4) is 0 Å². The zero-order chi connectivity index (χ0) is 25.7. The fourth-order valence-corrected chi connectivity index (χ4v) is 5.99. The molecule has 2 fully saturated rings. The Labute approximate surface area is 210 Å². The molecular formula is C28H33FN2O5. The van der Waals surface area contributed by atoms with Gasteiger partial charge in [0.2, 0.25) is 0 Å². The Morgan fingerprint density at radius 2 is 1.47 bits per heavy atom. The van der Waals surface area contributed by atoms with Gasteiger partial charge in [-0.15, -0.1) is 0 Å². The van der Waals surface area contributed by atoms with Crippen molar-refractivity contribution >= 4 is 17.6 Å². The number of aliphatic carboxylic acids is 2. The van der Waals surface area contributed by atoms with Crippen LogP contribution in [0.1, 0.15) is 49.3 Å². The van der Waals surface area contributed by atoms with Gasteiger partial charge in [-0.2, -0.15) is 0 Å². The van der Waals surface area contributed by atoms with Crippen LogP contribution in [0, 0.1) is 5.82 Å². The lowest BCUT2D eigenvalue weighted by atomic mass is 9.68. The van der Waals surface area contributed by atoms with Crippen LogP contribution < -0.4 is 4.90 Å². The lowest BCUT2D eigenvalue weighted by molar-refractivity contribution is -0.134. The zero-order valence-electron chi connectivity index (χ0n) is 20.2. The molecule has 3 aliphatic rings. The van der Waals surface area contributed by atoms with Crippen molar-refractivity contribution in [2.75, 3.05) is 31.1 Å². The minimum absolute atomic E-state index is 0.169. The number of benzene rings is 2. The first kappa shape index (κ1) is 25.9. The summed E-state index contributed by atoms with van der Waals surface area (Å²) < 4.78 is 13.2. The van der Waals surface area contributed by atoms with Gasteiger partial charge in [0.25, 0.3) is 0 Å². The summed E-state index contributed by atoms with van der Waals surface area (Å²) in [6.07, 6.45) is 6.54. The summed E-state index contributed by atoms with van der Waals surface area (Å²) in [6.45, 7) is 4.17. The summed E-state index contributed by atoms with van der Waals surface area (Å²) in [5.74, 6) is -2.68. The number of anilines is 1. The van der Waals surface area contributed by atoms with Gasteiger partial charge in [0.15, 0.2) is 0 Å². The van der Waals surface area contributed by atoms with E-state index in [1.165, 1.54) is 31.2 Å². The van der Waals surface area contributed by atoms with E-state index in [1.807, 2.05) is 18.2 Å². The van der Waals surface area contributed by atoms with Crippen LogP contribution in [0.2, 0.25) is 0 Å². The Balaban J connectivity index is 0.000000331. The molecule has 3 N–H and O–H groups in total. The number of fused-ring (bicyclic) bond motifs is 2. The number of piperazine rings is 1. The van der Waals surface area contributed by atoms with E-state index >= 15 is 0 Å². The van der Waals surface area contributed by atoms with Crippen LogP contribution in [0.15, 0.2) is 60.7 Å². The maximum Gasteiger partial charge on any atom is 0.328 e. The molecule has 192 valence electrons. The molecule has 8 heteroatoms. The minimum atomic E-state index is -1.26. The first-order valence-electron chi connectivity index (χ1n) is 12.4. The summed E-state index contributed by atoms with van der Waals surface area (Å²) in [4.78, 5) is 24.1. The number of aliphatic hydroxyl groups excluding tert-OH is 1. The topological polar surface area (TPSA) is 101 Å². The van der Waals surface area contributed by atoms with Crippen LogP contribution in [-0.4, -0.2) is 64.4 Å². The average molecular weight is 497 g/mol. The number of rotatable bonds is 4. The molecule has 0 unspecified atom stereocenters. The maximum absolute atomic E-state index is 13.2. The lowest BCUT2D eigenvalue weighted by Gasteiger charge is -2.45.